The van der Waals surface area contributed by atoms with E-state index in [2.05, 4.69) is 0 Å². The second-order valence-corrected chi connectivity index (χ2v) is 3.48. The van der Waals surface area contributed by atoms with Gasteiger partial charge in [0.05, 0.1) is 6.61 Å². The van der Waals surface area contributed by atoms with Crippen molar-refractivity contribution in [3.8, 4) is 5.75 Å². The van der Waals surface area contributed by atoms with Gasteiger partial charge in [0.15, 0.2) is 6.04 Å². The molecule has 1 atom stereocenters. The normalized spacial score (nSPS) is 12.2. The quantitative estimate of drug-likeness (QED) is 0.627. The number of nitrogens with zero attached hydrogens (tertiary/aromatic N) is 1. The molecule has 0 spiro atoms. The summed E-state index contributed by atoms with van der Waals surface area (Å²) in [7, 11) is 1.20. The summed E-state index contributed by atoms with van der Waals surface area (Å²) < 4.78 is 0. The second-order valence-electron chi connectivity index (χ2n) is 3.48. The van der Waals surface area contributed by atoms with Gasteiger partial charge in [-0.3, -0.25) is 4.79 Å². The van der Waals surface area contributed by atoms with Crippen LogP contribution in [0.2, 0.25) is 0 Å². The highest BCUT2D eigenvalue weighted by Crippen LogP contribution is 2.17. The Morgan fingerprint density at radius 3 is 2.50 bits per heavy atom. The Labute approximate surface area is 103 Å². The fourth-order valence-electron chi connectivity index (χ4n) is 1.24. The van der Waals surface area contributed by atoms with Crippen LogP contribution in [0.3, 0.4) is 0 Å². The number of phenols is 1. The number of rotatable bonds is 5. The van der Waals surface area contributed by atoms with Crippen LogP contribution in [0.15, 0.2) is 24.3 Å². The van der Waals surface area contributed by atoms with Crippen molar-refractivity contribution >= 4 is 11.9 Å². The third-order valence-corrected chi connectivity index (χ3v) is 2.25. The zero-order chi connectivity index (χ0) is 13.7. The first-order valence-corrected chi connectivity index (χ1v) is 5.04. The van der Waals surface area contributed by atoms with Crippen LogP contribution in [-0.2, 0) is 9.63 Å². The minimum Gasteiger partial charge on any atom is -0.507 e. The smallest absolute Gasteiger partial charge is 0.360 e. The maximum atomic E-state index is 11.6. The van der Waals surface area contributed by atoms with Crippen LogP contribution in [0.1, 0.15) is 10.4 Å². The number of likely N-dealkylation sites (N-methyl/N-ethyl adjacent to an activating group) is 1. The van der Waals surface area contributed by atoms with Crippen molar-refractivity contribution in [3.05, 3.63) is 29.8 Å². The molecule has 0 bridgehead atoms. The van der Waals surface area contributed by atoms with E-state index in [-0.39, 0.29) is 11.3 Å². The number of hydrogen-bond donors (Lipinski definition) is 3. The topological polar surface area (TPSA) is 107 Å². The van der Waals surface area contributed by atoms with Crippen LogP contribution in [0, 0.1) is 0 Å². The van der Waals surface area contributed by atoms with Crippen LogP contribution in [0.4, 0.5) is 0 Å². The minimum atomic E-state index is -1.36. The predicted molar refractivity (Wildman–Crippen MR) is 59.8 cm³/mol. The molecule has 0 aliphatic carbocycles. The number of phenolic OH excluding ortho intramolecular Hbond substituents is 1. The van der Waals surface area contributed by atoms with E-state index >= 15 is 0 Å². The van der Waals surface area contributed by atoms with Crippen molar-refractivity contribution < 1.29 is 29.7 Å². The molecular weight excluding hydrogens is 242 g/mol. The third kappa shape index (κ3) is 3.19. The van der Waals surface area contributed by atoms with E-state index in [1.807, 2.05) is 0 Å². The monoisotopic (exact) mass is 255 g/mol. The number of aliphatic carboxylic acids is 1. The Bertz CT molecular complexity index is 447. The fourth-order valence-corrected chi connectivity index (χ4v) is 1.24. The Hall–Kier alpha value is -2.12. The number of benzene rings is 1. The van der Waals surface area contributed by atoms with Gasteiger partial charge in [0, 0.05) is 7.05 Å². The molecule has 1 aromatic rings. The van der Waals surface area contributed by atoms with Crippen molar-refractivity contribution in [3.63, 3.8) is 0 Å². The lowest BCUT2D eigenvalue weighted by molar-refractivity contribution is -0.168. The highest BCUT2D eigenvalue weighted by atomic mass is 16.7. The summed E-state index contributed by atoms with van der Waals surface area (Å²) >= 11 is 0. The van der Waals surface area contributed by atoms with Gasteiger partial charge in [-0.25, -0.2) is 4.79 Å². The molecule has 1 aromatic carbocycles. The molecule has 0 saturated carbocycles. The fraction of sp³-hybridized carbons (Fsp3) is 0.273. The summed E-state index contributed by atoms with van der Waals surface area (Å²) in [6.07, 6.45) is 0. The van der Waals surface area contributed by atoms with Crippen molar-refractivity contribution in [2.24, 2.45) is 0 Å². The molecule has 7 nitrogen and oxygen atoms in total. The van der Waals surface area contributed by atoms with Gasteiger partial charge in [0.25, 0.3) is 0 Å². The summed E-state index contributed by atoms with van der Waals surface area (Å²) in [5, 5.41) is 27.7. The average molecular weight is 255 g/mol. The van der Waals surface area contributed by atoms with Crippen molar-refractivity contribution in [2.45, 2.75) is 6.04 Å². The molecule has 1 rings (SSSR count). The number of aliphatic hydroxyl groups is 1. The lowest BCUT2D eigenvalue weighted by atomic mass is 10.2. The number of para-hydroxylation sites is 1. The van der Waals surface area contributed by atoms with Crippen LogP contribution >= 0.6 is 0 Å². The lowest BCUT2D eigenvalue weighted by Crippen LogP contribution is -2.42. The van der Waals surface area contributed by atoms with E-state index in [1.54, 1.807) is 0 Å². The minimum absolute atomic E-state index is 0.0913. The number of aliphatic hydroxyl groups excluding tert-OH is 1. The molecule has 0 aliphatic heterocycles. The van der Waals surface area contributed by atoms with E-state index in [4.69, 9.17) is 15.1 Å². The number of aromatic hydroxyl groups is 1. The van der Waals surface area contributed by atoms with E-state index in [1.165, 1.54) is 31.3 Å². The van der Waals surface area contributed by atoms with Crippen LogP contribution in [-0.4, -0.2) is 52.0 Å². The first kappa shape index (κ1) is 13.9. The summed E-state index contributed by atoms with van der Waals surface area (Å²) in [5.74, 6) is -2.51. The summed E-state index contributed by atoms with van der Waals surface area (Å²) in [6.45, 7) is -0.708. The molecule has 0 unspecified atom stereocenters. The Morgan fingerprint density at radius 2 is 2.00 bits per heavy atom. The number of carboxylic acid groups (broad SMARTS) is 1. The van der Waals surface area contributed by atoms with Gasteiger partial charge in [0.2, 0.25) is 0 Å². The van der Waals surface area contributed by atoms with E-state index in [9.17, 15) is 14.7 Å². The van der Waals surface area contributed by atoms with E-state index < -0.39 is 24.6 Å². The third-order valence-electron chi connectivity index (χ3n) is 2.25. The molecule has 0 aliphatic rings. The Kier molecular flexibility index (Phi) is 4.64. The molecule has 0 radical (unpaired) electrons. The zero-order valence-electron chi connectivity index (χ0n) is 9.61. The Morgan fingerprint density at radius 1 is 1.39 bits per heavy atom. The molecule has 7 heteroatoms. The van der Waals surface area contributed by atoms with Crippen LogP contribution < -0.4 is 0 Å². The molecule has 18 heavy (non-hydrogen) atoms. The number of carboxylic acids is 1. The summed E-state index contributed by atoms with van der Waals surface area (Å²) in [5.41, 5.74) is -0.0913. The van der Waals surface area contributed by atoms with Crippen molar-refractivity contribution in [1.82, 2.24) is 5.06 Å². The first-order valence-electron chi connectivity index (χ1n) is 5.04. The highest BCUT2D eigenvalue weighted by molar-refractivity contribution is 5.92. The van der Waals surface area contributed by atoms with Crippen LogP contribution in [0.25, 0.3) is 0 Å². The Balaban J connectivity index is 2.76. The molecule has 0 amide bonds. The lowest BCUT2D eigenvalue weighted by Gasteiger charge is -2.21. The van der Waals surface area contributed by atoms with Gasteiger partial charge in [-0.05, 0) is 12.1 Å². The maximum absolute atomic E-state index is 11.6. The first-order chi connectivity index (χ1) is 8.47. The van der Waals surface area contributed by atoms with Gasteiger partial charge in [-0.2, -0.15) is 0 Å². The molecule has 0 aromatic heterocycles. The van der Waals surface area contributed by atoms with Crippen molar-refractivity contribution in [2.75, 3.05) is 13.7 Å². The van der Waals surface area contributed by atoms with E-state index in [0.29, 0.717) is 0 Å². The SMILES string of the molecule is CN(OC(=O)c1ccccc1O)[C@@H](CO)C(=O)O. The van der Waals surface area contributed by atoms with Gasteiger partial charge < -0.3 is 20.2 Å². The molecule has 0 saturated heterocycles. The standard InChI is InChI=1S/C11H13NO6/c1-12(8(6-13)10(15)16)18-11(17)7-4-2-3-5-9(7)14/h2-5,8,13-14H,6H2,1H3,(H,15,16)/t8-/m0/s1. The van der Waals surface area contributed by atoms with Crippen LogP contribution in [0.5, 0.6) is 5.75 Å². The average Bonchev–Trinajstić information content (AvgIpc) is 2.29. The van der Waals surface area contributed by atoms with Gasteiger partial charge in [0.1, 0.15) is 11.3 Å². The molecule has 0 fully saturated rings. The number of hydrogen-bond acceptors (Lipinski definition) is 6. The maximum Gasteiger partial charge on any atom is 0.360 e. The van der Waals surface area contributed by atoms with Crippen molar-refractivity contribution in [1.29, 1.82) is 0 Å². The summed E-state index contributed by atoms with van der Waals surface area (Å²) in [4.78, 5) is 27.1. The summed E-state index contributed by atoms with van der Waals surface area (Å²) in [6, 6.07) is 4.33. The van der Waals surface area contributed by atoms with Gasteiger partial charge >= 0.3 is 11.9 Å². The molecule has 3 N–H and O–H groups in total. The molecular formula is C11H13NO6. The second kappa shape index (κ2) is 5.99. The number of hydroxylamine groups is 2. The molecule has 98 valence electrons. The largest absolute Gasteiger partial charge is 0.507 e. The zero-order valence-corrected chi connectivity index (χ0v) is 9.61. The van der Waals surface area contributed by atoms with Gasteiger partial charge in [-0.15, -0.1) is 5.06 Å². The highest BCUT2D eigenvalue weighted by Gasteiger charge is 2.26. The van der Waals surface area contributed by atoms with E-state index in [0.717, 1.165) is 5.06 Å². The number of carbonyl (C=O) groups is 2. The molecule has 0 heterocycles. The number of carbonyl (C=O) groups excluding carboxylic acids is 1. The van der Waals surface area contributed by atoms with Gasteiger partial charge in [-0.1, -0.05) is 12.1 Å². The predicted octanol–water partition coefficient (Wildman–Crippen LogP) is -0.159.